The lowest BCUT2D eigenvalue weighted by atomic mass is 10.1. The summed E-state index contributed by atoms with van der Waals surface area (Å²) >= 11 is 0. The van der Waals surface area contributed by atoms with E-state index in [0.717, 1.165) is 12.0 Å². The number of rotatable bonds is 11. The monoisotopic (exact) mass is 287 g/mol. The second-order valence-electron chi connectivity index (χ2n) is 5.52. The number of amides is 1. The molecule has 1 rings (SSSR count). The number of benzene rings is 1. The molecule has 0 aliphatic carbocycles. The van der Waals surface area contributed by atoms with Gasteiger partial charge in [0.05, 0.1) is 0 Å². The normalized spacial score (nSPS) is 10.9. The maximum atomic E-state index is 11.6. The van der Waals surface area contributed by atoms with Crippen molar-refractivity contribution in [3.63, 3.8) is 0 Å². The molecular formula is C19H29NO. The van der Waals surface area contributed by atoms with Crippen LogP contribution in [0.4, 0.5) is 0 Å². The first-order valence-corrected chi connectivity index (χ1v) is 8.31. The van der Waals surface area contributed by atoms with Crippen molar-refractivity contribution in [1.29, 1.82) is 0 Å². The van der Waals surface area contributed by atoms with Gasteiger partial charge in [-0.05, 0) is 24.5 Å². The number of hydrogen-bond acceptors (Lipinski definition) is 1. The van der Waals surface area contributed by atoms with Crippen LogP contribution in [-0.2, 0) is 11.3 Å². The highest BCUT2D eigenvalue weighted by Gasteiger charge is 1.95. The number of carbonyl (C=O) groups excluding carboxylic acids is 1. The van der Waals surface area contributed by atoms with Crippen molar-refractivity contribution in [2.24, 2.45) is 0 Å². The van der Waals surface area contributed by atoms with Gasteiger partial charge in [0.1, 0.15) is 0 Å². The molecule has 1 aromatic rings. The summed E-state index contributed by atoms with van der Waals surface area (Å²) in [6.45, 7) is 2.84. The van der Waals surface area contributed by atoms with Gasteiger partial charge in [-0.3, -0.25) is 4.79 Å². The number of allylic oxidation sites excluding steroid dienone is 1. The average Bonchev–Trinajstić information content (AvgIpc) is 2.52. The molecule has 0 radical (unpaired) electrons. The van der Waals surface area contributed by atoms with Crippen LogP contribution in [0.15, 0.2) is 42.5 Å². The number of carbonyl (C=O) groups is 1. The van der Waals surface area contributed by atoms with Crippen LogP contribution in [0.2, 0.25) is 0 Å². The quantitative estimate of drug-likeness (QED) is 0.450. The van der Waals surface area contributed by atoms with Gasteiger partial charge in [0, 0.05) is 6.54 Å². The lowest BCUT2D eigenvalue weighted by molar-refractivity contribution is -0.116. The van der Waals surface area contributed by atoms with Gasteiger partial charge in [-0.15, -0.1) is 0 Å². The number of nitrogens with one attached hydrogen (secondary N) is 1. The zero-order valence-electron chi connectivity index (χ0n) is 13.3. The molecule has 0 bridgehead atoms. The van der Waals surface area contributed by atoms with Crippen LogP contribution in [0.1, 0.15) is 63.9 Å². The van der Waals surface area contributed by atoms with Gasteiger partial charge in [-0.1, -0.05) is 81.9 Å². The molecule has 2 heteroatoms. The summed E-state index contributed by atoms with van der Waals surface area (Å²) in [5.74, 6) is 0.00167. The van der Waals surface area contributed by atoms with Crippen molar-refractivity contribution in [2.45, 2.75) is 64.8 Å². The number of hydrogen-bond donors (Lipinski definition) is 1. The molecule has 1 aromatic carbocycles. The Balaban J connectivity index is 1.99. The van der Waals surface area contributed by atoms with E-state index < -0.39 is 0 Å². The third-order valence-corrected chi connectivity index (χ3v) is 3.55. The summed E-state index contributed by atoms with van der Waals surface area (Å²) in [6.07, 6.45) is 13.9. The number of unbranched alkanes of at least 4 members (excludes halogenated alkanes) is 7. The molecule has 0 atom stereocenters. The fourth-order valence-electron chi connectivity index (χ4n) is 2.25. The Kier molecular flexibility index (Phi) is 10.1. The second kappa shape index (κ2) is 12.2. The first kappa shape index (κ1) is 17.5. The van der Waals surface area contributed by atoms with Crippen LogP contribution in [0.3, 0.4) is 0 Å². The third kappa shape index (κ3) is 9.89. The smallest absolute Gasteiger partial charge is 0.243 e. The summed E-state index contributed by atoms with van der Waals surface area (Å²) in [5, 5.41) is 2.90. The van der Waals surface area contributed by atoms with Gasteiger partial charge in [-0.2, -0.15) is 0 Å². The Morgan fingerprint density at radius 1 is 1.00 bits per heavy atom. The van der Waals surface area contributed by atoms with Gasteiger partial charge in [0.2, 0.25) is 5.91 Å². The van der Waals surface area contributed by atoms with Crippen LogP contribution >= 0.6 is 0 Å². The van der Waals surface area contributed by atoms with E-state index in [4.69, 9.17) is 0 Å². The minimum absolute atomic E-state index is 0.00167. The summed E-state index contributed by atoms with van der Waals surface area (Å²) < 4.78 is 0. The molecule has 0 aromatic heterocycles. The van der Waals surface area contributed by atoms with Crippen molar-refractivity contribution in [1.82, 2.24) is 5.32 Å². The predicted octanol–water partition coefficient (Wildman–Crippen LogP) is 5.00. The van der Waals surface area contributed by atoms with E-state index in [2.05, 4.69) is 12.2 Å². The lowest BCUT2D eigenvalue weighted by Gasteiger charge is -2.02. The van der Waals surface area contributed by atoms with Crippen LogP contribution < -0.4 is 5.32 Å². The summed E-state index contributed by atoms with van der Waals surface area (Å²) in [7, 11) is 0. The zero-order valence-corrected chi connectivity index (χ0v) is 13.3. The Hall–Kier alpha value is -1.57. The largest absolute Gasteiger partial charge is 0.348 e. The lowest BCUT2D eigenvalue weighted by Crippen LogP contribution is -2.20. The summed E-state index contributed by atoms with van der Waals surface area (Å²) in [6, 6.07) is 9.98. The maximum absolute atomic E-state index is 11.6. The second-order valence-corrected chi connectivity index (χ2v) is 5.52. The van der Waals surface area contributed by atoms with Gasteiger partial charge < -0.3 is 5.32 Å². The predicted molar refractivity (Wildman–Crippen MR) is 90.0 cm³/mol. The molecule has 1 N–H and O–H groups in total. The van der Waals surface area contributed by atoms with E-state index in [-0.39, 0.29) is 5.91 Å². The fourth-order valence-corrected chi connectivity index (χ4v) is 2.25. The standard InChI is InChI=1S/C19H29NO/c1-2-3-4-5-6-7-8-9-13-16-19(21)20-17-18-14-11-10-12-15-18/h10-16H,2-9,17H2,1H3,(H,20,21). The van der Waals surface area contributed by atoms with Crippen molar-refractivity contribution in [3.05, 3.63) is 48.0 Å². The summed E-state index contributed by atoms with van der Waals surface area (Å²) in [4.78, 5) is 11.6. The first-order chi connectivity index (χ1) is 10.3. The van der Waals surface area contributed by atoms with Crippen molar-refractivity contribution < 1.29 is 4.79 Å². The van der Waals surface area contributed by atoms with E-state index >= 15 is 0 Å². The molecule has 0 aliphatic rings. The van der Waals surface area contributed by atoms with Gasteiger partial charge >= 0.3 is 0 Å². The summed E-state index contributed by atoms with van der Waals surface area (Å²) in [5.41, 5.74) is 1.13. The first-order valence-electron chi connectivity index (χ1n) is 8.31. The molecule has 0 spiro atoms. The highest BCUT2D eigenvalue weighted by molar-refractivity contribution is 5.87. The SMILES string of the molecule is CCCCCCCCCC=CC(=O)NCc1ccccc1. The van der Waals surface area contributed by atoms with Crippen molar-refractivity contribution in [2.75, 3.05) is 0 Å². The van der Waals surface area contributed by atoms with Gasteiger partial charge in [-0.25, -0.2) is 0 Å². The van der Waals surface area contributed by atoms with Crippen molar-refractivity contribution >= 4 is 5.91 Å². The minimum Gasteiger partial charge on any atom is -0.348 e. The van der Waals surface area contributed by atoms with Crippen LogP contribution in [-0.4, -0.2) is 5.91 Å². The molecule has 0 unspecified atom stereocenters. The topological polar surface area (TPSA) is 29.1 Å². The molecule has 0 aliphatic heterocycles. The molecular weight excluding hydrogens is 258 g/mol. The molecule has 2 nitrogen and oxygen atoms in total. The molecule has 0 saturated carbocycles. The Bertz CT molecular complexity index is 397. The van der Waals surface area contributed by atoms with Crippen LogP contribution in [0, 0.1) is 0 Å². The molecule has 21 heavy (non-hydrogen) atoms. The van der Waals surface area contributed by atoms with Crippen LogP contribution in [0.25, 0.3) is 0 Å². The van der Waals surface area contributed by atoms with E-state index in [1.807, 2.05) is 36.4 Å². The van der Waals surface area contributed by atoms with Crippen LogP contribution in [0.5, 0.6) is 0 Å². The Labute approximate surface area is 129 Å². The minimum atomic E-state index is 0.00167. The van der Waals surface area contributed by atoms with Crippen molar-refractivity contribution in [3.8, 4) is 0 Å². The molecule has 0 heterocycles. The van der Waals surface area contributed by atoms with Gasteiger partial charge in [0.15, 0.2) is 0 Å². The molecule has 0 fully saturated rings. The highest BCUT2D eigenvalue weighted by Crippen LogP contribution is 2.08. The molecule has 116 valence electrons. The highest BCUT2D eigenvalue weighted by atomic mass is 16.1. The fraction of sp³-hybridized carbons (Fsp3) is 0.526. The molecule has 0 saturated heterocycles. The van der Waals surface area contributed by atoms with E-state index in [1.54, 1.807) is 6.08 Å². The maximum Gasteiger partial charge on any atom is 0.243 e. The zero-order chi connectivity index (χ0) is 15.2. The van der Waals surface area contributed by atoms with Gasteiger partial charge in [0.25, 0.3) is 0 Å². The third-order valence-electron chi connectivity index (χ3n) is 3.55. The Morgan fingerprint density at radius 2 is 1.67 bits per heavy atom. The Morgan fingerprint density at radius 3 is 2.38 bits per heavy atom. The molecule has 1 amide bonds. The van der Waals surface area contributed by atoms with E-state index in [9.17, 15) is 4.79 Å². The average molecular weight is 287 g/mol. The van der Waals surface area contributed by atoms with E-state index in [1.165, 1.54) is 44.9 Å². The van der Waals surface area contributed by atoms with E-state index in [0.29, 0.717) is 6.54 Å².